The Bertz CT molecular complexity index is 4920. The Hall–Kier alpha value is -9.00. The number of hydrogen-bond donors (Lipinski definition) is 0. The van der Waals surface area contributed by atoms with Crippen LogP contribution in [0.25, 0.3) is 116 Å². The second-order valence-electron chi connectivity index (χ2n) is 21.2. The maximum atomic E-state index is 9.91. The highest BCUT2D eigenvalue weighted by Crippen LogP contribution is 2.47. The Balaban J connectivity index is 1.05. The van der Waals surface area contributed by atoms with Gasteiger partial charge in [-0.2, -0.15) is 0 Å². The predicted octanol–water partition coefficient (Wildman–Crippen LogP) is 17.5. The van der Waals surface area contributed by atoms with Crippen LogP contribution in [0.15, 0.2) is 211 Å². The minimum Gasteiger partial charge on any atom is -0.458 e. The van der Waals surface area contributed by atoms with Crippen molar-refractivity contribution in [3.63, 3.8) is 0 Å². The molecule has 0 spiro atoms. The van der Waals surface area contributed by atoms with Gasteiger partial charge in [0, 0.05) is 33.8 Å². The molecule has 74 heavy (non-hydrogen) atoms. The Morgan fingerprint density at radius 3 is 1.95 bits per heavy atom. The van der Waals surface area contributed by atoms with E-state index in [1.165, 1.54) is 0 Å². The summed E-state index contributed by atoms with van der Waals surface area (Å²) in [5.41, 5.74) is 9.54. The van der Waals surface area contributed by atoms with E-state index in [1.807, 2.05) is 125 Å². The number of rotatable bonds is 5. The first kappa shape index (κ1) is 36.0. The van der Waals surface area contributed by atoms with Crippen LogP contribution in [0, 0.1) is 6.33 Å². The van der Waals surface area contributed by atoms with Gasteiger partial charge in [-0.25, -0.2) is 4.98 Å². The normalized spacial score (nSPS) is 14.0. The third kappa shape index (κ3) is 6.93. The highest BCUT2D eigenvalue weighted by molar-refractivity contribution is 6.10. The number of benzene rings is 9. The second-order valence-corrected chi connectivity index (χ2v) is 21.2. The molecule has 0 N–H and O–H groups in total. The average molecular weight is 965 g/mol. The largest absolute Gasteiger partial charge is 0.458 e. The van der Waals surface area contributed by atoms with Gasteiger partial charge >= 0.3 is 0 Å². The lowest BCUT2D eigenvalue weighted by Crippen LogP contribution is -2.32. The van der Waals surface area contributed by atoms with Gasteiger partial charge in [0.1, 0.15) is 28.5 Å². The summed E-state index contributed by atoms with van der Waals surface area (Å²) in [6.07, 6.45) is 5.61. The maximum absolute atomic E-state index is 9.91. The molecule has 0 radical (unpaired) electrons. The maximum Gasteiger partial charge on any atom is 0.269 e. The van der Waals surface area contributed by atoms with E-state index in [0.29, 0.717) is 56.2 Å². The summed E-state index contributed by atoms with van der Waals surface area (Å²) >= 11 is 0. The molecule has 1 aliphatic heterocycles. The summed E-state index contributed by atoms with van der Waals surface area (Å²) in [7, 11) is 0. The first-order chi connectivity index (χ1) is 39.3. The zero-order valence-electron chi connectivity index (χ0n) is 49.6. The molecular weight excluding hydrogens is 905 g/mol. The molecule has 0 amide bonds. The molecule has 6 heteroatoms. The number of aromatic nitrogens is 4. The molecule has 6 nitrogen and oxygen atoms in total. The van der Waals surface area contributed by atoms with Crippen LogP contribution in [0.4, 0.5) is 0 Å². The lowest BCUT2D eigenvalue weighted by atomic mass is 9.81. The predicted molar refractivity (Wildman–Crippen MR) is 302 cm³/mol. The van der Waals surface area contributed by atoms with E-state index >= 15 is 0 Å². The molecule has 0 saturated heterocycles. The minimum atomic E-state index is -0.528. The van der Waals surface area contributed by atoms with Crippen LogP contribution in [0.2, 0.25) is 0 Å². The van der Waals surface area contributed by atoms with Crippen LogP contribution in [-0.4, -0.2) is 14.1 Å². The van der Waals surface area contributed by atoms with Crippen molar-refractivity contribution in [3.8, 4) is 73.2 Å². The first-order valence-electron chi connectivity index (χ1n) is 28.9. The topological polar surface area (TPSA) is 49.0 Å². The molecule has 0 unspecified atom stereocenters. The van der Waals surface area contributed by atoms with Crippen molar-refractivity contribution in [2.24, 2.45) is 0 Å². The van der Waals surface area contributed by atoms with Gasteiger partial charge in [-0.05, 0) is 133 Å². The van der Waals surface area contributed by atoms with Crippen molar-refractivity contribution in [1.29, 1.82) is 0 Å². The molecule has 4 aromatic heterocycles. The summed E-state index contributed by atoms with van der Waals surface area (Å²) in [4.78, 5) is 4.88. The molecule has 13 aromatic rings. The molecule has 5 heterocycles. The number of hydrogen-bond acceptors (Lipinski definition) is 3. The van der Waals surface area contributed by atoms with Gasteiger partial charge in [-0.15, -0.1) is 0 Å². The highest BCUT2D eigenvalue weighted by Gasteiger charge is 2.29. The van der Waals surface area contributed by atoms with Crippen molar-refractivity contribution in [2.45, 2.75) is 52.4 Å². The Morgan fingerprint density at radius 2 is 1.16 bits per heavy atom. The molecule has 0 fully saturated rings. The van der Waals surface area contributed by atoms with Crippen molar-refractivity contribution < 1.29 is 24.7 Å². The summed E-state index contributed by atoms with van der Waals surface area (Å²) in [5, 5.41) is 3.95. The molecule has 1 aliphatic rings. The van der Waals surface area contributed by atoms with Crippen LogP contribution >= 0.6 is 0 Å². The Kier molecular flexibility index (Phi) is 7.91. The Morgan fingerprint density at radius 1 is 0.514 bits per heavy atom. The molecule has 9 aromatic carbocycles. The third-order valence-electron chi connectivity index (χ3n) is 14.5. The van der Waals surface area contributed by atoms with Gasteiger partial charge in [0.15, 0.2) is 0 Å². The first-order valence-corrected chi connectivity index (χ1v) is 24.9. The highest BCUT2D eigenvalue weighted by atomic mass is 16.5. The fraction of sp³-hybridized carbons (Fsp3) is 0.118. The quantitative estimate of drug-likeness (QED) is 0.128. The van der Waals surface area contributed by atoms with Crippen molar-refractivity contribution >= 4 is 54.8 Å². The van der Waals surface area contributed by atoms with Crippen molar-refractivity contribution in [1.82, 2.24) is 14.1 Å². The van der Waals surface area contributed by atoms with Gasteiger partial charge in [0.25, 0.3) is 6.33 Å². The van der Waals surface area contributed by atoms with E-state index in [9.17, 15) is 6.85 Å². The molecule has 0 aliphatic carbocycles. The smallest absolute Gasteiger partial charge is 0.269 e. The van der Waals surface area contributed by atoms with Crippen LogP contribution in [0.5, 0.6) is 11.5 Å². The zero-order chi connectivity index (χ0) is 57.0. The van der Waals surface area contributed by atoms with Gasteiger partial charge < -0.3 is 9.15 Å². The lowest BCUT2D eigenvalue weighted by molar-refractivity contribution is -0.570. The van der Waals surface area contributed by atoms with Gasteiger partial charge in [0.05, 0.1) is 44.4 Å². The van der Waals surface area contributed by atoms with Gasteiger partial charge in [0.2, 0.25) is 0 Å². The number of fused-ring (bicyclic) bond motifs is 13. The molecule has 0 atom stereocenters. The van der Waals surface area contributed by atoms with Crippen LogP contribution in [0.1, 0.15) is 63.6 Å². The summed E-state index contributed by atoms with van der Waals surface area (Å²) < 4.78 is 94.9. The molecule has 0 bridgehead atoms. The van der Waals surface area contributed by atoms with Crippen LogP contribution in [-0.2, 0) is 10.8 Å². The molecule has 0 saturated carbocycles. The van der Waals surface area contributed by atoms with Gasteiger partial charge in [-0.1, -0.05) is 169 Å². The zero-order valence-corrected chi connectivity index (χ0v) is 41.6. The van der Waals surface area contributed by atoms with E-state index in [2.05, 4.69) is 94.9 Å². The standard InChI is InChI=1S/C68H52N4O2/c1-67(2,3)43-33-34-69-64(38-43)72-59-26-13-11-23-52(59)53-31-30-47(40-61(53)72)73-46-18-15-17-45(39-46)70-41-71-65-56(42-29-32-63-57(35-42)54-24-12-14-28-62(54)74-63)36-44(68(4,5)6)37-58(65)51-22-10-8-20-49(51)48-19-7-9-21-50(48)55-25-16-27-60(70)66(55)71/h7-40H,1-6H3/i7D,8D,9D,10D,19D,20D,21D,22D. The number of furan rings is 1. The summed E-state index contributed by atoms with van der Waals surface area (Å²) in [6, 6.07) is 46.3. The van der Waals surface area contributed by atoms with Crippen molar-refractivity contribution in [3.05, 3.63) is 224 Å². The fourth-order valence-electron chi connectivity index (χ4n) is 10.8. The third-order valence-corrected chi connectivity index (χ3v) is 14.5. The number of pyridine rings is 1. The average Bonchev–Trinajstić information content (AvgIpc) is 2.61. The molecule has 14 rings (SSSR count). The number of para-hydroxylation sites is 3. The van der Waals surface area contributed by atoms with Crippen LogP contribution in [0.3, 0.4) is 0 Å². The lowest BCUT2D eigenvalue weighted by Gasteiger charge is -2.26. The molecular formula is C68H52N4O2. The van der Waals surface area contributed by atoms with E-state index in [4.69, 9.17) is 18.3 Å². The second kappa shape index (κ2) is 16.3. The summed E-state index contributed by atoms with van der Waals surface area (Å²) in [5.74, 6) is 1.94. The monoisotopic (exact) mass is 964 g/mol. The van der Waals surface area contributed by atoms with Crippen molar-refractivity contribution in [2.75, 3.05) is 0 Å². The minimum absolute atomic E-state index is 0.0312. The van der Waals surface area contributed by atoms with Crippen LogP contribution < -0.4 is 9.30 Å². The fourth-order valence-corrected chi connectivity index (χ4v) is 10.8. The number of nitrogens with zero attached hydrogens (tertiary/aromatic N) is 4. The van der Waals surface area contributed by atoms with E-state index < -0.39 is 41.7 Å². The van der Waals surface area contributed by atoms with E-state index in [0.717, 1.165) is 60.7 Å². The Labute approximate surface area is 441 Å². The van der Waals surface area contributed by atoms with E-state index in [1.54, 1.807) is 0 Å². The molecule has 356 valence electrons. The van der Waals surface area contributed by atoms with Gasteiger partial charge in [-0.3, -0.25) is 13.7 Å². The number of imidazole rings is 1. The van der Waals surface area contributed by atoms with E-state index in [-0.39, 0.29) is 39.8 Å². The SMILES string of the molecule is [2H]c1c([2H])c([2H])c2c(c1[2H])-c1cc(C(C)(C)C)cc(-c3ccc4oc5ccccc5c4c3)c1-[n+]1[c-]n(-c3cccc(Oc4ccc5c6ccccc6n(-c6cc(C(C)(C)C)ccn6)c5c4)c3)c3cccc(c31)-c1c([2H])c([2H])c([2H])c([2H])c1-2. The number of ether oxygens (including phenoxy) is 1. The summed E-state index contributed by atoms with van der Waals surface area (Å²) in [6.45, 7) is 12.9.